The molecule has 0 aliphatic heterocycles. The van der Waals surface area contributed by atoms with Gasteiger partial charge in [0.25, 0.3) is 0 Å². The van der Waals surface area contributed by atoms with E-state index in [2.05, 4.69) is 20.2 Å². The van der Waals surface area contributed by atoms with Gasteiger partial charge in [-0.3, -0.25) is 0 Å². The third-order valence-corrected chi connectivity index (χ3v) is 3.36. The molecule has 0 fully saturated rings. The van der Waals surface area contributed by atoms with Crippen LogP contribution in [0.25, 0.3) is 0 Å². The number of benzene rings is 1. The minimum absolute atomic E-state index is 0.0114. The van der Waals surface area contributed by atoms with Crippen molar-refractivity contribution in [3.05, 3.63) is 48.3 Å². The molecule has 0 spiro atoms. The summed E-state index contributed by atoms with van der Waals surface area (Å²) >= 11 is 0. The molecule has 1 aromatic carbocycles. The number of ether oxygens (including phenoxy) is 1. The molecule has 128 valence electrons. The van der Waals surface area contributed by atoms with E-state index >= 15 is 0 Å². The molecule has 0 aliphatic carbocycles. The number of aromatic nitrogens is 2. The van der Waals surface area contributed by atoms with Crippen molar-refractivity contribution in [1.29, 1.82) is 0 Å². The Bertz CT molecular complexity index is 637. The van der Waals surface area contributed by atoms with E-state index in [1.165, 1.54) is 12.3 Å². The number of rotatable bonds is 10. The predicted octanol–water partition coefficient (Wildman–Crippen LogP) is 1.99. The second-order valence-electron chi connectivity index (χ2n) is 5.32. The van der Waals surface area contributed by atoms with Crippen molar-refractivity contribution >= 4 is 11.9 Å². The van der Waals surface area contributed by atoms with E-state index in [4.69, 9.17) is 9.84 Å². The predicted molar refractivity (Wildman–Crippen MR) is 91.5 cm³/mol. The summed E-state index contributed by atoms with van der Waals surface area (Å²) in [5, 5.41) is 11.9. The van der Waals surface area contributed by atoms with Crippen LogP contribution in [0.2, 0.25) is 0 Å². The van der Waals surface area contributed by atoms with Gasteiger partial charge in [-0.2, -0.15) is 0 Å². The highest BCUT2D eigenvalue weighted by molar-refractivity contribution is 5.85. The molecule has 7 nitrogen and oxygen atoms in total. The Morgan fingerprint density at radius 1 is 1.25 bits per heavy atom. The van der Waals surface area contributed by atoms with Gasteiger partial charge in [0.1, 0.15) is 12.4 Å². The van der Waals surface area contributed by atoms with E-state index in [1.54, 1.807) is 0 Å². The van der Waals surface area contributed by atoms with Gasteiger partial charge in [0.15, 0.2) is 5.69 Å². The van der Waals surface area contributed by atoms with Gasteiger partial charge in [-0.15, -0.1) is 0 Å². The molecule has 1 aromatic heterocycles. The number of carbonyl (C=O) groups is 1. The lowest BCUT2D eigenvalue weighted by atomic mass is 10.3. The topological polar surface area (TPSA) is 87.6 Å². The first-order chi connectivity index (χ1) is 11.6. The maximum absolute atomic E-state index is 10.8. The van der Waals surface area contributed by atoms with E-state index in [9.17, 15) is 4.79 Å². The van der Waals surface area contributed by atoms with Crippen LogP contribution in [0.1, 0.15) is 16.9 Å². The number of nitrogens with zero attached hydrogens (tertiary/aromatic N) is 3. The third-order valence-electron chi connectivity index (χ3n) is 3.36. The summed E-state index contributed by atoms with van der Waals surface area (Å²) in [6.45, 7) is 3.04. The highest BCUT2D eigenvalue weighted by Gasteiger charge is 2.05. The molecule has 0 saturated carbocycles. The molecule has 0 amide bonds. The van der Waals surface area contributed by atoms with Crippen molar-refractivity contribution in [2.45, 2.75) is 6.42 Å². The number of hydrogen-bond donors (Lipinski definition) is 2. The maximum atomic E-state index is 10.8. The van der Waals surface area contributed by atoms with Gasteiger partial charge >= 0.3 is 5.97 Å². The van der Waals surface area contributed by atoms with Crippen LogP contribution in [0.4, 0.5) is 5.95 Å². The number of aromatic carboxylic acids is 1. The highest BCUT2D eigenvalue weighted by Crippen LogP contribution is 2.07. The number of likely N-dealkylation sites (N-methyl/N-ethyl adjacent to an activating group) is 1. The molecule has 24 heavy (non-hydrogen) atoms. The van der Waals surface area contributed by atoms with Gasteiger partial charge in [-0.05, 0) is 38.2 Å². The lowest BCUT2D eigenvalue weighted by Crippen LogP contribution is -2.26. The number of hydrogen-bond acceptors (Lipinski definition) is 6. The number of nitrogens with one attached hydrogen (secondary N) is 1. The molecule has 0 saturated heterocycles. The Hall–Kier alpha value is -2.67. The average molecular weight is 330 g/mol. The van der Waals surface area contributed by atoms with Crippen molar-refractivity contribution in [2.24, 2.45) is 0 Å². The van der Waals surface area contributed by atoms with Gasteiger partial charge in [0.05, 0.1) is 0 Å². The first-order valence-corrected chi connectivity index (χ1v) is 7.82. The Morgan fingerprint density at radius 2 is 2.04 bits per heavy atom. The summed E-state index contributed by atoms with van der Waals surface area (Å²) in [7, 11) is 2.04. The Labute approximate surface area is 141 Å². The summed E-state index contributed by atoms with van der Waals surface area (Å²) in [6.07, 6.45) is 2.33. The SMILES string of the molecule is CN(CCCNc1nccc(C(=O)O)n1)CCOc1ccccc1. The zero-order valence-corrected chi connectivity index (χ0v) is 13.7. The lowest BCUT2D eigenvalue weighted by molar-refractivity contribution is 0.0690. The largest absolute Gasteiger partial charge is 0.492 e. The summed E-state index contributed by atoms with van der Waals surface area (Å²) in [5.41, 5.74) is -0.0114. The molecular formula is C17H22N4O3. The maximum Gasteiger partial charge on any atom is 0.354 e. The molecule has 0 unspecified atom stereocenters. The first-order valence-electron chi connectivity index (χ1n) is 7.82. The van der Waals surface area contributed by atoms with Crippen molar-refractivity contribution in [2.75, 3.05) is 38.6 Å². The lowest BCUT2D eigenvalue weighted by Gasteiger charge is -2.17. The normalized spacial score (nSPS) is 10.6. The van der Waals surface area contributed by atoms with E-state index in [-0.39, 0.29) is 5.69 Å². The summed E-state index contributed by atoms with van der Waals surface area (Å²) in [6, 6.07) is 11.1. The third kappa shape index (κ3) is 6.21. The minimum Gasteiger partial charge on any atom is -0.492 e. The Balaban J connectivity index is 1.60. The molecule has 1 heterocycles. The van der Waals surface area contributed by atoms with Gasteiger partial charge < -0.3 is 20.1 Å². The van der Waals surface area contributed by atoms with E-state index < -0.39 is 5.97 Å². The van der Waals surface area contributed by atoms with Crippen molar-refractivity contribution in [3.8, 4) is 5.75 Å². The van der Waals surface area contributed by atoms with Crippen LogP contribution in [-0.4, -0.2) is 59.2 Å². The zero-order chi connectivity index (χ0) is 17.2. The van der Waals surface area contributed by atoms with E-state index in [1.807, 2.05) is 37.4 Å². The Kier molecular flexibility index (Phi) is 6.97. The molecule has 2 rings (SSSR count). The van der Waals surface area contributed by atoms with Crippen LogP contribution in [0.3, 0.4) is 0 Å². The fourth-order valence-corrected chi connectivity index (χ4v) is 2.06. The number of anilines is 1. The van der Waals surface area contributed by atoms with Crippen LogP contribution in [-0.2, 0) is 0 Å². The van der Waals surface area contributed by atoms with Crippen LogP contribution in [0.5, 0.6) is 5.75 Å². The number of carboxylic acids is 1. The minimum atomic E-state index is -1.06. The molecule has 2 N–H and O–H groups in total. The number of para-hydroxylation sites is 1. The molecule has 0 atom stereocenters. The van der Waals surface area contributed by atoms with Gasteiger partial charge in [0, 0.05) is 19.3 Å². The molecule has 2 aromatic rings. The summed E-state index contributed by atoms with van der Waals surface area (Å²) in [5.74, 6) is 0.159. The van der Waals surface area contributed by atoms with Crippen molar-refractivity contribution < 1.29 is 14.6 Å². The summed E-state index contributed by atoms with van der Waals surface area (Å²) in [4.78, 5) is 20.9. The fourth-order valence-electron chi connectivity index (χ4n) is 2.06. The fraction of sp³-hybridized carbons (Fsp3) is 0.353. The molecule has 7 heteroatoms. The standard InChI is InChI=1S/C17H22N4O3/c1-21(12-13-24-14-6-3-2-4-7-14)11-5-9-18-17-19-10-8-15(20-17)16(22)23/h2-4,6-8,10H,5,9,11-13H2,1H3,(H,22,23)(H,18,19,20). The van der Waals surface area contributed by atoms with Gasteiger partial charge in [-0.25, -0.2) is 14.8 Å². The van der Waals surface area contributed by atoms with Crippen LogP contribution in [0.15, 0.2) is 42.6 Å². The zero-order valence-electron chi connectivity index (χ0n) is 13.7. The molecule has 0 bridgehead atoms. The van der Waals surface area contributed by atoms with Crippen LogP contribution >= 0.6 is 0 Å². The average Bonchev–Trinajstić information content (AvgIpc) is 2.60. The second kappa shape index (κ2) is 9.46. The highest BCUT2D eigenvalue weighted by atomic mass is 16.5. The smallest absolute Gasteiger partial charge is 0.354 e. The molecule has 0 radical (unpaired) electrons. The molecular weight excluding hydrogens is 308 g/mol. The van der Waals surface area contributed by atoms with Gasteiger partial charge in [-0.1, -0.05) is 18.2 Å². The van der Waals surface area contributed by atoms with Crippen LogP contribution < -0.4 is 10.1 Å². The molecule has 0 aliphatic rings. The first kappa shape index (κ1) is 17.7. The Morgan fingerprint density at radius 3 is 2.79 bits per heavy atom. The van der Waals surface area contributed by atoms with Crippen molar-refractivity contribution in [3.63, 3.8) is 0 Å². The number of carboxylic acid groups (broad SMARTS) is 1. The summed E-state index contributed by atoms with van der Waals surface area (Å²) < 4.78 is 5.65. The van der Waals surface area contributed by atoms with Crippen LogP contribution in [0, 0.1) is 0 Å². The monoisotopic (exact) mass is 330 g/mol. The van der Waals surface area contributed by atoms with E-state index in [0.717, 1.165) is 25.3 Å². The second-order valence-corrected chi connectivity index (χ2v) is 5.32. The quantitative estimate of drug-likeness (QED) is 0.644. The van der Waals surface area contributed by atoms with Crippen molar-refractivity contribution in [1.82, 2.24) is 14.9 Å². The van der Waals surface area contributed by atoms with E-state index in [0.29, 0.717) is 19.1 Å². The van der Waals surface area contributed by atoms with Gasteiger partial charge in [0.2, 0.25) is 5.95 Å².